The maximum Gasteiger partial charge on any atom is 0.306 e. The van der Waals surface area contributed by atoms with Crippen LogP contribution in [0, 0.1) is 0 Å². The van der Waals surface area contributed by atoms with Gasteiger partial charge < -0.3 is 14.6 Å². The summed E-state index contributed by atoms with van der Waals surface area (Å²) in [7, 11) is 0. The first-order valence-electron chi connectivity index (χ1n) is 29.8. The molecule has 0 spiro atoms. The number of aliphatic hydroxyl groups excluding tert-OH is 1. The molecule has 0 aliphatic heterocycles. The molecule has 402 valence electrons. The van der Waals surface area contributed by atoms with E-state index in [1.807, 2.05) is 0 Å². The van der Waals surface area contributed by atoms with Gasteiger partial charge in [0.1, 0.15) is 6.61 Å². The molecular weight excluding hydrogens is 861 g/mol. The quantitative estimate of drug-likeness (QED) is 0.0373. The molecule has 0 aliphatic carbocycles. The van der Waals surface area contributed by atoms with Gasteiger partial charge in [0.25, 0.3) is 0 Å². The van der Waals surface area contributed by atoms with E-state index in [2.05, 4.69) is 111 Å². The second-order valence-corrected chi connectivity index (χ2v) is 19.7. The number of carbonyl (C=O) groups excluding carboxylic acids is 2. The third kappa shape index (κ3) is 57.4. The summed E-state index contributed by atoms with van der Waals surface area (Å²) in [6, 6.07) is 0. The van der Waals surface area contributed by atoms with E-state index in [1.54, 1.807) is 0 Å². The Bertz CT molecular complexity index is 1330. The van der Waals surface area contributed by atoms with E-state index < -0.39 is 6.10 Å². The molecule has 0 saturated heterocycles. The molecule has 0 rings (SSSR count). The van der Waals surface area contributed by atoms with Gasteiger partial charge in [0, 0.05) is 12.8 Å². The van der Waals surface area contributed by atoms with Crippen molar-refractivity contribution in [1.29, 1.82) is 0 Å². The normalized spacial score (nSPS) is 12.9. The van der Waals surface area contributed by atoms with Gasteiger partial charge in [0.15, 0.2) is 6.10 Å². The first-order chi connectivity index (χ1) is 34.6. The molecule has 0 aromatic rings. The number of rotatable bonds is 54. The minimum absolute atomic E-state index is 0.0732. The summed E-state index contributed by atoms with van der Waals surface area (Å²) in [4.78, 5) is 24.5. The molecule has 0 fully saturated rings. The highest BCUT2D eigenvalue weighted by molar-refractivity contribution is 5.70. The molecule has 5 heteroatoms. The summed E-state index contributed by atoms with van der Waals surface area (Å²) in [5.41, 5.74) is 0. The Morgan fingerprint density at radius 1 is 0.343 bits per heavy atom. The lowest BCUT2D eigenvalue weighted by molar-refractivity contribution is -0.161. The number of aliphatic hydroxyl groups is 1. The smallest absolute Gasteiger partial charge is 0.306 e. The molecule has 1 N–H and O–H groups in total. The summed E-state index contributed by atoms with van der Waals surface area (Å²) >= 11 is 0. The van der Waals surface area contributed by atoms with E-state index in [0.29, 0.717) is 12.8 Å². The highest BCUT2D eigenvalue weighted by Crippen LogP contribution is 2.16. The third-order valence-electron chi connectivity index (χ3n) is 12.9. The van der Waals surface area contributed by atoms with E-state index in [0.717, 1.165) is 89.9 Å². The van der Waals surface area contributed by atoms with Crippen molar-refractivity contribution in [3.05, 3.63) is 97.2 Å². The van der Waals surface area contributed by atoms with Crippen LogP contribution in [0.2, 0.25) is 0 Å². The Morgan fingerprint density at radius 2 is 0.614 bits per heavy atom. The number of hydrogen-bond acceptors (Lipinski definition) is 5. The van der Waals surface area contributed by atoms with Crippen molar-refractivity contribution in [3.8, 4) is 0 Å². The van der Waals surface area contributed by atoms with Crippen LogP contribution in [0.4, 0.5) is 0 Å². The lowest BCUT2D eigenvalue weighted by Gasteiger charge is -2.15. The summed E-state index contributed by atoms with van der Waals surface area (Å²) in [6.45, 7) is 4.02. The van der Waals surface area contributed by atoms with Crippen molar-refractivity contribution in [1.82, 2.24) is 0 Å². The van der Waals surface area contributed by atoms with E-state index in [-0.39, 0.29) is 25.2 Å². The van der Waals surface area contributed by atoms with Gasteiger partial charge in [-0.3, -0.25) is 9.59 Å². The van der Waals surface area contributed by atoms with E-state index in [1.165, 1.54) is 167 Å². The lowest BCUT2D eigenvalue weighted by Crippen LogP contribution is -2.28. The van der Waals surface area contributed by atoms with Crippen LogP contribution >= 0.6 is 0 Å². The molecule has 0 saturated carbocycles. The number of carbonyl (C=O) groups is 2. The maximum absolute atomic E-state index is 12.3. The molecule has 0 heterocycles. The Morgan fingerprint density at radius 3 is 0.929 bits per heavy atom. The Hall–Kier alpha value is -3.18. The summed E-state index contributed by atoms with van der Waals surface area (Å²) in [5, 5.41) is 9.66. The molecule has 1 atom stereocenters. The molecule has 0 bridgehead atoms. The van der Waals surface area contributed by atoms with Crippen molar-refractivity contribution in [2.45, 2.75) is 290 Å². The maximum atomic E-state index is 12.3. The minimum Gasteiger partial charge on any atom is -0.462 e. The minimum atomic E-state index is -0.784. The fourth-order valence-electron chi connectivity index (χ4n) is 8.41. The zero-order chi connectivity index (χ0) is 50.6. The fraction of sp³-hybridized carbons (Fsp3) is 0.723. The monoisotopic (exact) mass is 973 g/mol. The Balaban J connectivity index is 3.49. The first kappa shape index (κ1) is 66.8. The SMILES string of the molecule is CC/C=C\C/C=C\C/C=C\C/C=C\C/C=C\CCCCCCCCCC(=O)OC(CO)COC(=O)CCCCCCCCCCCCCCCCCCCC/C=C\C/C=C\C/C=C\CCCCCCC. The number of esters is 2. The number of ether oxygens (including phenoxy) is 2. The zero-order valence-corrected chi connectivity index (χ0v) is 46.0. The first-order valence-corrected chi connectivity index (χ1v) is 29.8. The Labute approximate surface area is 434 Å². The van der Waals surface area contributed by atoms with E-state index in [9.17, 15) is 14.7 Å². The predicted molar refractivity (Wildman–Crippen MR) is 306 cm³/mol. The summed E-state index contributed by atoms with van der Waals surface area (Å²) in [5.74, 6) is -0.599. The fourth-order valence-corrected chi connectivity index (χ4v) is 8.41. The van der Waals surface area contributed by atoms with Crippen LogP contribution < -0.4 is 0 Å². The topological polar surface area (TPSA) is 72.8 Å². The van der Waals surface area contributed by atoms with Crippen LogP contribution in [-0.2, 0) is 19.1 Å². The van der Waals surface area contributed by atoms with Gasteiger partial charge in [-0.05, 0) is 96.3 Å². The Kier molecular flexibility index (Phi) is 57.4. The van der Waals surface area contributed by atoms with Crippen LogP contribution in [0.3, 0.4) is 0 Å². The van der Waals surface area contributed by atoms with Crippen LogP contribution in [0.1, 0.15) is 284 Å². The van der Waals surface area contributed by atoms with Gasteiger partial charge >= 0.3 is 11.9 Å². The van der Waals surface area contributed by atoms with Gasteiger partial charge in [-0.15, -0.1) is 0 Å². The van der Waals surface area contributed by atoms with Gasteiger partial charge in [0.2, 0.25) is 0 Å². The number of allylic oxidation sites excluding steroid dienone is 16. The molecular formula is C65H112O5. The highest BCUT2D eigenvalue weighted by atomic mass is 16.6. The van der Waals surface area contributed by atoms with Gasteiger partial charge in [-0.2, -0.15) is 0 Å². The van der Waals surface area contributed by atoms with Crippen LogP contribution in [0.5, 0.6) is 0 Å². The van der Waals surface area contributed by atoms with Crippen molar-refractivity contribution >= 4 is 11.9 Å². The summed E-state index contributed by atoms with van der Waals surface area (Å²) < 4.78 is 10.7. The van der Waals surface area contributed by atoms with Crippen molar-refractivity contribution in [2.75, 3.05) is 13.2 Å². The van der Waals surface area contributed by atoms with Crippen LogP contribution in [-0.4, -0.2) is 36.4 Å². The molecule has 0 aromatic carbocycles. The van der Waals surface area contributed by atoms with Crippen molar-refractivity contribution in [2.24, 2.45) is 0 Å². The van der Waals surface area contributed by atoms with Crippen LogP contribution in [0.15, 0.2) is 97.2 Å². The zero-order valence-electron chi connectivity index (χ0n) is 46.0. The number of unbranched alkanes of at least 4 members (excludes halogenated alkanes) is 30. The second kappa shape index (κ2) is 60.1. The standard InChI is InChI=1S/C65H112O5/c1-3-5-7-9-11-13-15-17-19-21-23-25-27-28-29-30-31-32-33-34-35-36-38-39-41-43-45-47-49-51-53-55-57-59-64(67)69-62-63(61-66)70-65(68)60-58-56-54-52-50-48-46-44-42-40-37-26-24-22-20-18-16-14-12-10-8-6-4-2/h6,8,12,14-15,17-18,20-21,23-24,26-28,40,42,63,66H,3-5,7,9-11,13,16,19,22,25,29-39,41,43-62H2,1-2H3/b8-6-,14-12-,17-15-,20-18-,23-21-,26-24-,28-27-,42-40-. The third-order valence-corrected chi connectivity index (χ3v) is 12.9. The number of hydrogen-bond donors (Lipinski definition) is 1. The van der Waals surface area contributed by atoms with Crippen molar-refractivity contribution in [3.63, 3.8) is 0 Å². The highest BCUT2D eigenvalue weighted by Gasteiger charge is 2.16. The van der Waals surface area contributed by atoms with Crippen LogP contribution in [0.25, 0.3) is 0 Å². The van der Waals surface area contributed by atoms with Gasteiger partial charge in [0.05, 0.1) is 6.61 Å². The molecule has 0 amide bonds. The predicted octanol–water partition coefficient (Wildman–Crippen LogP) is 20.3. The molecule has 70 heavy (non-hydrogen) atoms. The molecule has 1 unspecified atom stereocenters. The second-order valence-electron chi connectivity index (χ2n) is 19.7. The van der Waals surface area contributed by atoms with E-state index >= 15 is 0 Å². The average Bonchev–Trinajstić information content (AvgIpc) is 3.36. The molecule has 0 radical (unpaired) electrons. The van der Waals surface area contributed by atoms with Gasteiger partial charge in [-0.25, -0.2) is 0 Å². The molecule has 5 nitrogen and oxygen atoms in total. The largest absolute Gasteiger partial charge is 0.462 e. The molecule has 0 aliphatic rings. The average molecular weight is 974 g/mol. The molecule has 0 aromatic heterocycles. The summed E-state index contributed by atoms with van der Waals surface area (Å²) in [6.07, 6.45) is 85.3. The van der Waals surface area contributed by atoms with E-state index in [4.69, 9.17) is 9.47 Å². The lowest BCUT2D eigenvalue weighted by atomic mass is 10.0. The van der Waals surface area contributed by atoms with Gasteiger partial charge in [-0.1, -0.05) is 272 Å². The van der Waals surface area contributed by atoms with Crippen molar-refractivity contribution < 1.29 is 24.2 Å².